The van der Waals surface area contributed by atoms with E-state index >= 15 is 0 Å². The van der Waals surface area contributed by atoms with Gasteiger partial charge in [-0.05, 0) is 37.0 Å². The highest BCUT2D eigenvalue weighted by atomic mass is 32.2. The molecular formula is C19H29N3O3S. The maximum Gasteiger partial charge on any atom is 0.243 e. The second-order valence-electron chi connectivity index (χ2n) is 7.12. The van der Waals surface area contributed by atoms with Crippen molar-refractivity contribution < 1.29 is 13.2 Å². The van der Waals surface area contributed by atoms with E-state index in [0.717, 1.165) is 50.8 Å². The summed E-state index contributed by atoms with van der Waals surface area (Å²) in [6.45, 7) is 4.80. The van der Waals surface area contributed by atoms with Gasteiger partial charge in [0.2, 0.25) is 15.9 Å². The smallest absolute Gasteiger partial charge is 0.243 e. The van der Waals surface area contributed by atoms with E-state index < -0.39 is 10.0 Å². The Morgan fingerprint density at radius 2 is 1.77 bits per heavy atom. The minimum Gasteiger partial charge on any atom is -0.339 e. The molecule has 1 N–H and O–H groups in total. The second kappa shape index (κ2) is 8.50. The van der Waals surface area contributed by atoms with E-state index in [4.69, 9.17) is 0 Å². The summed E-state index contributed by atoms with van der Waals surface area (Å²) in [5, 5.41) is 3.22. The number of nitrogens with zero attached hydrogens (tertiary/aromatic N) is 2. The van der Waals surface area contributed by atoms with Gasteiger partial charge in [0.25, 0.3) is 0 Å². The average Bonchev–Trinajstić information content (AvgIpc) is 3.20. The van der Waals surface area contributed by atoms with Gasteiger partial charge < -0.3 is 10.2 Å². The molecule has 0 atom stereocenters. The van der Waals surface area contributed by atoms with Crippen LogP contribution in [0.1, 0.15) is 38.2 Å². The molecule has 0 spiro atoms. The van der Waals surface area contributed by atoms with Crippen LogP contribution in [0.15, 0.2) is 29.2 Å². The predicted octanol–water partition coefficient (Wildman–Crippen LogP) is 1.61. The maximum absolute atomic E-state index is 13.3. The largest absolute Gasteiger partial charge is 0.339 e. The monoisotopic (exact) mass is 379 g/mol. The van der Waals surface area contributed by atoms with Crippen molar-refractivity contribution in [3.8, 4) is 0 Å². The Hall–Kier alpha value is -1.44. The summed E-state index contributed by atoms with van der Waals surface area (Å²) in [5.74, 6) is -0.0906. The van der Waals surface area contributed by atoms with Crippen molar-refractivity contribution in [2.45, 2.75) is 50.0 Å². The van der Waals surface area contributed by atoms with Crippen LogP contribution in [0.4, 0.5) is 0 Å². The lowest BCUT2D eigenvalue weighted by atomic mass is 10.2. The normalized spacial score (nSPS) is 19.2. The van der Waals surface area contributed by atoms with E-state index in [1.165, 1.54) is 4.31 Å². The van der Waals surface area contributed by atoms with E-state index in [0.29, 0.717) is 13.1 Å². The Labute approximate surface area is 156 Å². The summed E-state index contributed by atoms with van der Waals surface area (Å²) in [4.78, 5) is 14.8. The van der Waals surface area contributed by atoms with Crippen LogP contribution in [0.25, 0.3) is 0 Å². The Balaban J connectivity index is 1.83. The highest BCUT2D eigenvalue weighted by molar-refractivity contribution is 7.89. The Morgan fingerprint density at radius 3 is 2.35 bits per heavy atom. The fourth-order valence-corrected chi connectivity index (χ4v) is 5.42. The molecule has 1 saturated carbocycles. The van der Waals surface area contributed by atoms with Gasteiger partial charge in [-0.2, -0.15) is 4.31 Å². The number of sulfonamides is 1. The third kappa shape index (κ3) is 4.27. The molecule has 6 nitrogen and oxygen atoms in total. The molecule has 1 aromatic carbocycles. The van der Waals surface area contributed by atoms with Crippen molar-refractivity contribution in [3.63, 3.8) is 0 Å². The SMILES string of the molecule is CCc1ccc(S(=O)(=O)N(CC(=O)N2CCNCC2)C2CCCC2)cc1. The van der Waals surface area contributed by atoms with Gasteiger partial charge in [-0.25, -0.2) is 8.42 Å². The summed E-state index contributed by atoms with van der Waals surface area (Å²) in [6.07, 6.45) is 4.58. The molecule has 1 amide bonds. The standard InChI is InChI=1S/C19H29N3O3S/c1-2-16-7-9-18(10-8-16)26(24,25)22(17-5-3-4-6-17)15-19(23)21-13-11-20-12-14-21/h7-10,17,20H,2-6,11-15H2,1H3. The van der Waals surface area contributed by atoms with Gasteiger partial charge in [0.1, 0.15) is 0 Å². The van der Waals surface area contributed by atoms with Gasteiger partial charge in [-0.15, -0.1) is 0 Å². The van der Waals surface area contributed by atoms with E-state index in [1.807, 2.05) is 19.1 Å². The number of aryl methyl sites for hydroxylation is 1. The molecular weight excluding hydrogens is 350 g/mol. The number of amides is 1. The first-order chi connectivity index (χ1) is 12.5. The van der Waals surface area contributed by atoms with E-state index in [-0.39, 0.29) is 23.4 Å². The Kier molecular flexibility index (Phi) is 6.32. The molecule has 1 aliphatic heterocycles. The van der Waals surface area contributed by atoms with Gasteiger partial charge in [-0.1, -0.05) is 31.9 Å². The summed E-state index contributed by atoms with van der Waals surface area (Å²) < 4.78 is 28.0. The zero-order chi connectivity index (χ0) is 18.6. The number of rotatable bonds is 6. The van der Waals surface area contributed by atoms with Crippen LogP contribution in [0.3, 0.4) is 0 Å². The first kappa shape index (κ1) is 19.3. The van der Waals surface area contributed by atoms with Gasteiger partial charge in [0.15, 0.2) is 0 Å². The molecule has 144 valence electrons. The molecule has 0 unspecified atom stereocenters. The summed E-state index contributed by atoms with van der Waals surface area (Å²) in [5.41, 5.74) is 1.10. The first-order valence-corrected chi connectivity index (χ1v) is 11.1. The molecule has 3 rings (SSSR count). The van der Waals surface area contributed by atoms with Crippen molar-refractivity contribution in [1.82, 2.24) is 14.5 Å². The molecule has 7 heteroatoms. The first-order valence-electron chi connectivity index (χ1n) is 9.61. The lowest BCUT2D eigenvalue weighted by Crippen LogP contribution is -2.51. The molecule has 2 fully saturated rings. The maximum atomic E-state index is 13.3. The third-order valence-electron chi connectivity index (χ3n) is 5.43. The fraction of sp³-hybridized carbons (Fsp3) is 0.632. The van der Waals surface area contributed by atoms with Gasteiger partial charge in [0, 0.05) is 32.2 Å². The van der Waals surface area contributed by atoms with Crippen LogP contribution >= 0.6 is 0 Å². The minimum atomic E-state index is -3.67. The van der Waals surface area contributed by atoms with Crippen LogP contribution in [0, 0.1) is 0 Å². The molecule has 1 heterocycles. The minimum absolute atomic E-state index is 0.0530. The lowest BCUT2D eigenvalue weighted by Gasteiger charge is -2.32. The quantitative estimate of drug-likeness (QED) is 0.815. The summed E-state index contributed by atoms with van der Waals surface area (Å²) >= 11 is 0. The molecule has 0 radical (unpaired) electrons. The summed E-state index contributed by atoms with van der Waals surface area (Å²) in [6, 6.07) is 6.99. The topological polar surface area (TPSA) is 69.7 Å². The molecule has 1 aromatic rings. The van der Waals surface area contributed by atoms with E-state index in [1.54, 1.807) is 17.0 Å². The number of piperazine rings is 1. The lowest BCUT2D eigenvalue weighted by molar-refractivity contribution is -0.132. The molecule has 1 saturated heterocycles. The van der Waals surface area contributed by atoms with Gasteiger partial charge in [-0.3, -0.25) is 4.79 Å². The molecule has 26 heavy (non-hydrogen) atoms. The highest BCUT2D eigenvalue weighted by Crippen LogP contribution is 2.29. The Morgan fingerprint density at radius 1 is 1.15 bits per heavy atom. The second-order valence-corrected chi connectivity index (χ2v) is 9.01. The van der Waals surface area contributed by atoms with Crippen molar-refractivity contribution in [1.29, 1.82) is 0 Å². The third-order valence-corrected chi connectivity index (χ3v) is 7.34. The number of nitrogens with one attached hydrogen (secondary N) is 1. The predicted molar refractivity (Wildman–Crippen MR) is 101 cm³/mol. The van der Waals surface area contributed by atoms with Crippen LogP contribution < -0.4 is 5.32 Å². The van der Waals surface area contributed by atoms with Gasteiger partial charge >= 0.3 is 0 Å². The van der Waals surface area contributed by atoms with Crippen molar-refractivity contribution >= 4 is 15.9 Å². The van der Waals surface area contributed by atoms with E-state index in [2.05, 4.69) is 5.32 Å². The van der Waals surface area contributed by atoms with Crippen LogP contribution in [0.5, 0.6) is 0 Å². The molecule has 0 aromatic heterocycles. The molecule has 0 bridgehead atoms. The van der Waals surface area contributed by atoms with Crippen LogP contribution in [-0.2, 0) is 21.2 Å². The number of carbonyl (C=O) groups excluding carboxylic acids is 1. The number of hydrogen-bond acceptors (Lipinski definition) is 4. The Bertz CT molecular complexity index is 706. The average molecular weight is 380 g/mol. The highest BCUT2D eigenvalue weighted by Gasteiger charge is 2.35. The summed E-state index contributed by atoms with van der Waals surface area (Å²) in [7, 11) is -3.67. The molecule has 1 aliphatic carbocycles. The van der Waals surface area contributed by atoms with Crippen molar-refractivity contribution in [2.24, 2.45) is 0 Å². The number of benzene rings is 1. The zero-order valence-corrected chi connectivity index (χ0v) is 16.3. The zero-order valence-electron chi connectivity index (χ0n) is 15.5. The van der Waals surface area contributed by atoms with Crippen LogP contribution in [0.2, 0.25) is 0 Å². The van der Waals surface area contributed by atoms with Crippen molar-refractivity contribution in [2.75, 3.05) is 32.7 Å². The van der Waals surface area contributed by atoms with Crippen molar-refractivity contribution in [3.05, 3.63) is 29.8 Å². The number of hydrogen-bond donors (Lipinski definition) is 1. The fourth-order valence-electron chi connectivity index (χ4n) is 3.78. The van der Waals surface area contributed by atoms with Crippen LogP contribution in [-0.4, -0.2) is 62.3 Å². The van der Waals surface area contributed by atoms with Gasteiger partial charge in [0.05, 0.1) is 11.4 Å². The van der Waals surface area contributed by atoms with E-state index in [9.17, 15) is 13.2 Å². The number of carbonyl (C=O) groups is 1. The molecule has 2 aliphatic rings.